The van der Waals surface area contributed by atoms with Crippen LogP contribution in [0.3, 0.4) is 0 Å². The van der Waals surface area contributed by atoms with Crippen LogP contribution in [-0.4, -0.2) is 80.6 Å². The number of esters is 2. The summed E-state index contributed by atoms with van der Waals surface area (Å²) in [7, 11) is 5.53. The molecule has 1 N–H and O–H groups in total. The quantitative estimate of drug-likeness (QED) is 0.0282. The molecule has 8 heteroatoms. The van der Waals surface area contributed by atoms with Gasteiger partial charge in [-0.3, -0.25) is 9.59 Å². The van der Waals surface area contributed by atoms with Crippen LogP contribution >= 0.6 is 0 Å². The van der Waals surface area contributed by atoms with E-state index in [0.29, 0.717) is 19.3 Å². The number of carbonyl (C=O) groups is 3. The van der Waals surface area contributed by atoms with Gasteiger partial charge in [-0.15, -0.1) is 0 Å². The molecule has 0 bridgehead atoms. The Balaban J connectivity index is 4.26. The molecule has 8 nitrogen and oxygen atoms in total. The van der Waals surface area contributed by atoms with Gasteiger partial charge in [0, 0.05) is 19.3 Å². The van der Waals surface area contributed by atoms with Crippen LogP contribution in [-0.2, 0) is 28.6 Å². The molecular formula is C52H94NO7+. The van der Waals surface area contributed by atoms with Gasteiger partial charge in [0.25, 0.3) is 0 Å². The Labute approximate surface area is 369 Å². The average Bonchev–Trinajstić information content (AvgIpc) is 3.21. The number of hydrogen-bond donors (Lipinski definition) is 1. The van der Waals surface area contributed by atoms with E-state index in [-0.39, 0.29) is 36.2 Å². The standard InChI is InChI=1S/C52H93NO7/c1-6-8-10-12-14-16-18-20-22-23-24-25-26-27-28-29-31-32-34-36-38-40-42-50(54)59-47-48(46-58-45-44-49(52(56)57)53(3,4)5)60-51(55)43-41-39-37-35-33-30-21-19-17-15-13-11-9-7-2/h14,16,20,22,24-25,30,33,48-49H,6-13,15,17-19,21,23,26-29,31-32,34-47H2,1-5H3/p+1/b16-14+,22-20+,25-24+,33-30+. The van der Waals surface area contributed by atoms with E-state index in [1.54, 1.807) is 0 Å². The zero-order valence-corrected chi connectivity index (χ0v) is 39.7. The third kappa shape index (κ3) is 40.7. The molecule has 348 valence electrons. The van der Waals surface area contributed by atoms with Crippen molar-refractivity contribution < 1.29 is 38.2 Å². The van der Waals surface area contributed by atoms with E-state index in [2.05, 4.69) is 62.5 Å². The number of rotatable bonds is 44. The van der Waals surface area contributed by atoms with E-state index in [1.165, 1.54) is 116 Å². The first-order chi connectivity index (χ1) is 29.1. The molecule has 0 aromatic heterocycles. The van der Waals surface area contributed by atoms with Gasteiger partial charge in [-0.1, -0.05) is 165 Å². The van der Waals surface area contributed by atoms with Gasteiger partial charge < -0.3 is 23.8 Å². The summed E-state index contributed by atoms with van der Waals surface area (Å²) in [6.45, 7) is 4.69. The van der Waals surface area contributed by atoms with Crippen molar-refractivity contribution in [3.8, 4) is 0 Å². The Morgan fingerprint density at radius 1 is 0.500 bits per heavy atom. The van der Waals surface area contributed by atoms with Gasteiger partial charge in [-0.25, -0.2) is 4.79 Å². The highest BCUT2D eigenvalue weighted by atomic mass is 16.6. The summed E-state index contributed by atoms with van der Waals surface area (Å²) in [6, 6.07) is -0.618. The van der Waals surface area contributed by atoms with Crippen molar-refractivity contribution in [2.24, 2.45) is 0 Å². The molecule has 0 spiro atoms. The molecule has 0 amide bonds. The van der Waals surface area contributed by atoms with E-state index in [9.17, 15) is 19.5 Å². The number of carboxylic acid groups (broad SMARTS) is 1. The fraction of sp³-hybridized carbons (Fsp3) is 0.788. The minimum Gasteiger partial charge on any atom is -0.477 e. The lowest BCUT2D eigenvalue weighted by Crippen LogP contribution is -2.50. The van der Waals surface area contributed by atoms with Crippen LogP contribution in [0.5, 0.6) is 0 Å². The third-order valence-corrected chi connectivity index (χ3v) is 11.0. The topological polar surface area (TPSA) is 99.1 Å². The third-order valence-electron chi connectivity index (χ3n) is 11.0. The Kier molecular flexibility index (Phi) is 41.0. The number of hydrogen-bond acceptors (Lipinski definition) is 6. The van der Waals surface area contributed by atoms with Crippen molar-refractivity contribution in [1.29, 1.82) is 0 Å². The molecule has 0 rings (SSSR count). The SMILES string of the molecule is CCCCC/C=C/C/C=C/C/C=C/CCCCCCCCCCCC(=O)OCC(COCCC(C(=O)O)[N+](C)(C)C)OC(=O)CCCCC/C=C/CCCCCCCCC. The molecule has 0 aliphatic heterocycles. The number of quaternary nitrogens is 1. The molecule has 0 aliphatic rings. The number of unbranched alkanes of at least 4 members (excludes halogenated alkanes) is 22. The Morgan fingerprint density at radius 3 is 1.37 bits per heavy atom. The highest BCUT2D eigenvalue weighted by Crippen LogP contribution is 2.14. The average molecular weight is 845 g/mol. The molecule has 0 aromatic carbocycles. The summed E-state index contributed by atoms with van der Waals surface area (Å²) in [5.41, 5.74) is 0. The lowest BCUT2D eigenvalue weighted by molar-refractivity contribution is -0.887. The molecule has 0 aromatic rings. The predicted molar refractivity (Wildman–Crippen MR) is 252 cm³/mol. The first-order valence-corrected chi connectivity index (χ1v) is 24.7. The van der Waals surface area contributed by atoms with Crippen LogP contribution in [0.2, 0.25) is 0 Å². The van der Waals surface area contributed by atoms with E-state index in [0.717, 1.165) is 64.2 Å². The number of carboxylic acids is 1. The Bertz CT molecular complexity index is 1120. The predicted octanol–water partition coefficient (Wildman–Crippen LogP) is 14.0. The summed E-state index contributed by atoms with van der Waals surface area (Å²) < 4.78 is 17.3. The second-order valence-corrected chi connectivity index (χ2v) is 17.7. The highest BCUT2D eigenvalue weighted by Gasteiger charge is 2.31. The lowest BCUT2D eigenvalue weighted by Gasteiger charge is -2.31. The molecule has 0 aliphatic carbocycles. The zero-order valence-electron chi connectivity index (χ0n) is 39.7. The van der Waals surface area contributed by atoms with Crippen LogP contribution in [0.1, 0.15) is 213 Å². The maximum Gasteiger partial charge on any atom is 0.362 e. The van der Waals surface area contributed by atoms with Gasteiger partial charge in [0.15, 0.2) is 12.1 Å². The number of likely N-dealkylation sites (N-methyl/N-ethyl adjacent to an activating group) is 1. The maximum absolute atomic E-state index is 12.7. The van der Waals surface area contributed by atoms with Crippen molar-refractivity contribution in [3.63, 3.8) is 0 Å². The van der Waals surface area contributed by atoms with Crippen LogP contribution in [0, 0.1) is 0 Å². The highest BCUT2D eigenvalue weighted by molar-refractivity contribution is 5.72. The van der Waals surface area contributed by atoms with Crippen LogP contribution < -0.4 is 0 Å². The minimum absolute atomic E-state index is 0.0535. The van der Waals surface area contributed by atoms with Crippen LogP contribution in [0.4, 0.5) is 0 Å². The van der Waals surface area contributed by atoms with Gasteiger partial charge in [-0.05, 0) is 77.0 Å². The molecule has 0 fully saturated rings. The van der Waals surface area contributed by atoms with Gasteiger partial charge in [0.05, 0.1) is 34.4 Å². The molecule has 60 heavy (non-hydrogen) atoms. The summed E-state index contributed by atoms with van der Waals surface area (Å²) in [5, 5.41) is 9.64. The second kappa shape index (κ2) is 43.0. The van der Waals surface area contributed by atoms with E-state index in [1.807, 2.05) is 21.1 Å². The van der Waals surface area contributed by atoms with Crippen molar-refractivity contribution in [2.75, 3.05) is 41.0 Å². The first-order valence-electron chi connectivity index (χ1n) is 24.7. The smallest absolute Gasteiger partial charge is 0.362 e. The van der Waals surface area contributed by atoms with Crippen molar-refractivity contribution in [3.05, 3.63) is 48.6 Å². The van der Waals surface area contributed by atoms with E-state index in [4.69, 9.17) is 14.2 Å². The molecule has 0 heterocycles. The number of carbonyl (C=O) groups excluding carboxylic acids is 2. The van der Waals surface area contributed by atoms with Crippen molar-refractivity contribution in [1.82, 2.24) is 0 Å². The van der Waals surface area contributed by atoms with Crippen molar-refractivity contribution in [2.45, 2.75) is 225 Å². The summed E-state index contributed by atoms with van der Waals surface area (Å²) in [4.78, 5) is 37.1. The molecule has 2 atom stereocenters. The second-order valence-electron chi connectivity index (χ2n) is 17.7. The van der Waals surface area contributed by atoms with E-state index >= 15 is 0 Å². The molecule has 2 unspecified atom stereocenters. The number of ether oxygens (including phenoxy) is 3. The van der Waals surface area contributed by atoms with Crippen LogP contribution in [0.15, 0.2) is 48.6 Å². The lowest BCUT2D eigenvalue weighted by atomic mass is 10.1. The fourth-order valence-electron chi connectivity index (χ4n) is 7.09. The number of aliphatic carboxylic acids is 1. The van der Waals surface area contributed by atoms with Crippen molar-refractivity contribution >= 4 is 17.9 Å². The van der Waals surface area contributed by atoms with Gasteiger partial charge >= 0.3 is 17.9 Å². The largest absolute Gasteiger partial charge is 0.477 e. The zero-order chi connectivity index (χ0) is 44.2. The maximum atomic E-state index is 12.7. The molecule has 0 saturated carbocycles. The summed E-state index contributed by atoms with van der Waals surface area (Å²) in [6.07, 6.45) is 51.5. The monoisotopic (exact) mass is 845 g/mol. The number of allylic oxidation sites excluding steroid dienone is 8. The summed E-state index contributed by atoms with van der Waals surface area (Å²) in [5.74, 6) is -1.49. The van der Waals surface area contributed by atoms with E-state index < -0.39 is 18.1 Å². The van der Waals surface area contributed by atoms with Gasteiger partial charge in [0.1, 0.15) is 6.61 Å². The van der Waals surface area contributed by atoms with Gasteiger partial charge in [-0.2, -0.15) is 0 Å². The fourth-order valence-corrected chi connectivity index (χ4v) is 7.09. The normalized spacial score (nSPS) is 13.3. The Hall–Kier alpha value is -2.71. The summed E-state index contributed by atoms with van der Waals surface area (Å²) >= 11 is 0. The number of nitrogens with zero attached hydrogens (tertiary/aromatic N) is 1. The minimum atomic E-state index is -0.878. The molecular weight excluding hydrogens is 751 g/mol. The first kappa shape index (κ1) is 57.3. The Morgan fingerprint density at radius 2 is 0.883 bits per heavy atom. The molecule has 0 radical (unpaired) electrons. The van der Waals surface area contributed by atoms with Crippen LogP contribution in [0.25, 0.3) is 0 Å². The molecule has 0 saturated heterocycles. The van der Waals surface area contributed by atoms with Gasteiger partial charge in [0.2, 0.25) is 0 Å².